The van der Waals surface area contributed by atoms with E-state index < -0.39 is 0 Å². The SMILES string of the molecule is COc1ccc(/C=C2\SC(=O)N(CCNC(=O)CN3CC(C)CC(C)C3)C2=O)cc1OC. The summed E-state index contributed by atoms with van der Waals surface area (Å²) in [6.45, 7) is 6.97. The first kappa shape index (κ1) is 24.1. The van der Waals surface area contributed by atoms with Crippen molar-refractivity contribution in [3.05, 3.63) is 28.7 Å². The second kappa shape index (κ2) is 10.9. The number of nitrogens with one attached hydrogen (secondary N) is 1. The number of carbonyl (C=O) groups excluding carboxylic acids is 3. The van der Waals surface area contributed by atoms with E-state index in [0.29, 0.717) is 34.8 Å². The van der Waals surface area contributed by atoms with Crippen LogP contribution in [0.5, 0.6) is 11.5 Å². The van der Waals surface area contributed by atoms with E-state index in [1.807, 2.05) is 0 Å². The molecule has 0 aliphatic carbocycles. The summed E-state index contributed by atoms with van der Waals surface area (Å²) in [5.41, 5.74) is 0.728. The first-order valence-electron chi connectivity index (χ1n) is 10.8. The quantitative estimate of drug-likeness (QED) is 0.596. The van der Waals surface area contributed by atoms with Gasteiger partial charge in [0.2, 0.25) is 5.91 Å². The molecule has 2 aliphatic rings. The van der Waals surface area contributed by atoms with Crippen molar-refractivity contribution in [3.8, 4) is 11.5 Å². The van der Waals surface area contributed by atoms with Crippen LogP contribution in [0, 0.1) is 11.8 Å². The average molecular weight is 462 g/mol. The van der Waals surface area contributed by atoms with Gasteiger partial charge in [0, 0.05) is 26.2 Å². The number of imide groups is 1. The zero-order valence-electron chi connectivity index (χ0n) is 19.1. The summed E-state index contributed by atoms with van der Waals surface area (Å²) in [5.74, 6) is 1.85. The predicted molar refractivity (Wildman–Crippen MR) is 125 cm³/mol. The Hall–Kier alpha value is -2.52. The van der Waals surface area contributed by atoms with E-state index in [1.54, 1.807) is 31.4 Å². The molecular formula is C23H31N3O5S. The van der Waals surface area contributed by atoms with Gasteiger partial charge in [-0.2, -0.15) is 0 Å². The third-order valence-corrected chi connectivity index (χ3v) is 6.46. The second-order valence-corrected chi connectivity index (χ2v) is 9.43. The van der Waals surface area contributed by atoms with E-state index in [1.165, 1.54) is 18.4 Å². The monoisotopic (exact) mass is 461 g/mol. The Morgan fingerprint density at radius 2 is 1.84 bits per heavy atom. The molecule has 2 atom stereocenters. The molecule has 2 heterocycles. The van der Waals surface area contributed by atoms with Gasteiger partial charge < -0.3 is 14.8 Å². The van der Waals surface area contributed by atoms with Crippen molar-refractivity contribution in [3.63, 3.8) is 0 Å². The highest BCUT2D eigenvalue weighted by molar-refractivity contribution is 8.18. The first-order valence-corrected chi connectivity index (χ1v) is 11.6. The van der Waals surface area contributed by atoms with Gasteiger partial charge in [-0.15, -0.1) is 0 Å². The summed E-state index contributed by atoms with van der Waals surface area (Å²) in [7, 11) is 3.09. The molecule has 32 heavy (non-hydrogen) atoms. The molecule has 9 heteroatoms. The fourth-order valence-corrected chi connectivity index (χ4v) is 5.14. The van der Waals surface area contributed by atoms with Gasteiger partial charge in [-0.3, -0.25) is 24.2 Å². The summed E-state index contributed by atoms with van der Waals surface area (Å²) in [6, 6.07) is 5.28. The maximum Gasteiger partial charge on any atom is 0.293 e. The van der Waals surface area contributed by atoms with Gasteiger partial charge in [0.25, 0.3) is 11.1 Å². The number of amides is 3. The lowest BCUT2D eigenvalue weighted by molar-refractivity contribution is -0.125. The minimum atomic E-state index is -0.359. The van der Waals surface area contributed by atoms with Crippen LogP contribution in [0.15, 0.2) is 23.1 Å². The van der Waals surface area contributed by atoms with E-state index in [2.05, 4.69) is 24.1 Å². The fraction of sp³-hybridized carbons (Fsp3) is 0.522. The molecule has 1 aromatic rings. The topological polar surface area (TPSA) is 88.2 Å². The summed E-state index contributed by atoms with van der Waals surface area (Å²) >= 11 is 0.893. The van der Waals surface area contributed by atoms with Crippen molar-refractivity contribution in [2.24, 2.45) is 11.8 Å². The van der Waals surface area contributed by atoms with Crippen molar-refractivity contribution in [1.82, 2.24) is 15.1 Å². The predicted octanol–water partition coefficient (Wildman–Crippen LogP) is 2.83. The number of likely N-dealkylation sites (tertiary alicyclic amines) is 1. The highest BCUT2D eigenvalue weighted by Gasteiger charge is 2.34. The minimum Gasteiger partial charge on any atom is -0.493 e. The van der Waals surface area contributed by atoms with Crippen molar-refractivity contribution < 1.29 is 23.9 Å². The Kier molecular flexibility index (Phi) is 8.20. The molecule has 8 nitrogen and oxygen atoms in total. The Balaban J connectivity index is 1.53. The Morgan fingerprint density at radius 3 is 2.50 bits per heavy atom. The lowest BCUT2D eigenvalue weighted by Crippen LogP contribution is -2.46. The molecule has 174 valence electrons. The van der Waals surface area contributed by atoms with E-state index in [0.717, 1.165) is 30.4 Å². The van der Waals surface area contributed by atoms with Gasteiger partial charge in [0.1, 0.15) is 0 Å². The summed E-state index contributed by atoms with van der Waals surface area (Å²) in [4.78, 5) is 41.0. The van der Waals surface area contributed by atoms with Crippen molar-refractivity contribution in [1.29, 1.82) is 0 Å². The van der Waals surface area contributed by atoms with Gasteiger partial charge in [-0.25, -0.2) is 0 Å². The molecule has 2 aliphatic heterocycles. The molecule has 2 unspecified atom stereocenters. The second-order valence-electron chi connectivity index (χ2n) is 8.44. The molecule has 3 rings (SSSR count). The van der Waals surface area contributed by atoms with Crippen LogP contribution in [-0.2, 0) is 9.59 Å². The van der Waals surface area contributed by atoms with Gasteiger partial charge in [-0.1, -0.05) is 19.9 Å². The van der Waals surface area contributed by atoms with Crippen LogP contribution in [0.1, 0.15) is 25.8 Å². The third kappa shape index (κ3) is 6.04. The van der Waals surface area contributed by atoms with Crippen molar-refractivity contribution in [2.45, 2.75) is 20.3 Å². The number of hydrogen-bond acceptors (Lipinski definition) is 7. The molecule has 0 aromatic heterocycles. The van der Waals surface area contributed by atoms with Crippen LogP contribution in [-0.4, -0.2) is 73.8 Å². The fourth-order valence-electron chi connectivity index (χ4n) is 4.27. The average Bonchev–Trinajstić information content (AvgIpc) is 3.00. The Labute approximate surface area is 193 Å². The lowest BCUT2D eigenvalue weighted by atomic mass is 9.92. The largest absolute Gasteiger partial charge is 0.493 e. The smallest absolute Gasteiger partial charge is 0.293 e. The first-order chi connectivity index (χ1) is 15.3. The number of thioether (sulfide) groups is 1. The molecule has 0 spiro atoms. The number of piperidine rings is 1. The number of rotatable bonds is 8. The Bertz CT molecular complexity index is 894. The third-order valence-electron chi connectivity index (χ3n) is 5.55. The molecule has 2 fully saturated rings. The molecule has 0 bridgehead atoms. The van der Waals surface area contributed by atoms with Crippen molar-refractivity contribution >= 4 is 34.9 Å². The number of benzene rings is 1. The molecule has 1 N–H and O–H groups in total. The zero-order valence-corrected chi connectivity index (χ0v) is 19.9. The van der Waals surface area contributed by atoms with Gasteiger partial charge >= 0.3 is 0 Å². The number of hydrogen-bond donors (Lipinski definition) is 1. The summed E-state index contributed by atoms with van der Waals surface area (Å²) < 4.78 is 10.5. The normalized spacial score (nSPS) is 23.0. The van der Waals surface area contributed by atoms with E-state index in [4.69, 9.17) is 9.47 Å². The number of nitrogens with zero attached hydrogens (tertiary/aromatic N) is 2. The van der Waals surface area contributed by atoms with E-state index in [9.17, 15) is 14.4 Å². The molecule has 0 saturated carbocycles. The standard InChI is InChI=1S/C23H31N3O5S/c1-15-9-16(2)13-25(12-15)14-21(27)24-7-8-26-22(28)20(32-23(26)29)11-17-5-6-18(30-3)19(10-17)31-4/h5-6,10-11,15-16H,7-9,12-14H2,1-4H3,(H,24,27)/b20-11-. The van der Waals surface area contributed by atoms with Crippen LogP contribution in [0.3, 0.4) is 0 Å². The molecule has 0 radical (unpaired) electrons. The number of methoxy groups -OCH3 is 2. The van der Waals surface area contributed by atoms with E-state index in [-0.39, 0.29) is 30.1 Å². The minimum absolute atomic E-state index is 0.0841. The maximum atomic E-state index is 12.7. The van der Waals surface area contributed by atoms with Crippen LogP contribution < -0.4 is 14.8 Å². The number of carbonyl (C=O) groups is 3. The van der Waals surface area contributed by atoms with Crippen LogP contribution in [0.2, 0.25) is 0 Å². The maximum absolute atomic E-state index is 12.7. The molecule has 3 amide bonds. The summed E-state index contributed by atoms with van der Waals surface area (Å²) in [5, 5.41) is 2.50. The van der Waals surface area contributed by atoms with Crippen molar-refractivity contribution in [2.75, 3.05) is 46.9 Å². The molecular weight excluding hydrogens is 430 g/mol. The summed E-state index contributed by atoms with van der Waals surface area (Å²) in [6.07, 6.45) is 2.85. The zero-order chi connectivity index (χ0) is 23.3. The highest BCUT2D eigenvalue weighted by Crippen LogP contribution is 2.34. The van der Waals surface area contributed by atoms with Gasteiger partial charge in [-0.05, 0) is 53.8 Å². The Morgan fingerprint density at radius 1 is 1.16 bits per heavy atom. The number of ether oxygens (including phenoxy) is 2. The van der Waals surface area contributed by atoms with Gasteiger partial charge in [0.05, 0.1) is 25.7 Å². The molecule has 1 aromatic carbocycles. The van der Waals surface area contributed by atoms with Gasteiger partial charge in [0.15, 0.2) is 11.5 Å². The van der Waals surface area contributed by atoms with Crippen LogP contribution >= 0.6 is 11.8 Å². The van der Waals surface area contributed by atoms with Crippen LogP contribution in [0.25, 0.3) is 6.08 Å². The van der Waals surface area contributed by atoms with E-state index >= 15 is 0 Å². The molecule has 2 saturated heterocycles. The van der Waals surface area contributed by atoms with Crippen LogP contribution in [0.4, 0.5) is 4.79 Å². The highest BCUT2D eigenvalue weighted by atomic mass is 32.2. The lowest BCUT2D eigenvalue weighted by Gasteiger charge is -2.34.